The van der Waals surface area contributed by atoms with E-state index in [0.29, 0.717) is 5.82 Å². The molecule has 2 heterocycles. The largest absolute Gasteiger partial charge is 0.343 e. The molecule has 0 saturated heterocycles. The summed E-state index contributed by atoms with van der Waals surface area (Å²) in [4.78, 5) is 3.86. The van der Waals surface area contributed by atoms with Gasteiger partial charge in [0.05, 0.1) is 12.2 Å². The highest BCUT2D eigenvalue weighted by Crippen LogP contribution is 2.13. The van der Waals surface area contributed by atoms with Gasteiger partial charge in [0.1, 0.15) is 0 Å². The van der Waals surface area contributed by atoms with E-state index in [0.717, 1.165) is 5.56 Å². The van der Waals surface area contributed by atoms with E-state index in [1.165, 1.54) is 6.39 Å². The molecular formula is C7H9N5O. The Morgan fingerprint density at radius 3 is 3.00 bits per heavy atom. The van der Waals surface area contributed by atoms with Crippen LogP contribution in [0.4, 0.5) is 0 Å². The van der Waals surface area contributed by atoms with Gasteiger partial charge < -0.3 is 10.3 Å². The lowest BCUT2D eigenvalue weighted by Gasteiger charge is -2.01. The monoisotopic (exact) mass is 179 g/mol. The summed E-state index contributed by atoms with van der Waals surface area (Å²) in [6.45, 7) is 0. The van der Waals surface area contributed by atoms with Crippen LogP contribution in [-0.4, -0.2) is 19.9 Å². The summed E-state index contributed by atoms with van der Waals surface area (Å²) >= 11 is 0. The fourth-order valence-electron chi connectivity index (χ4n) is 1.07. The lowest BCUT2D eigenvalue weighted by Crippen LogP contribution is -2.12. The summed E-state index contributed by atoms with van der Waals surface area (Å²) in [7, 11) is 1.83. The predicted octanol–water partition coefficient (Wildman–Crippen LogP) is -0.149. The van der Waals surface area contributed by atoms with Crippen molar-refractivity contribution in [2.75, 3.05) is 0 Å². The number of nitrogens with two attached hydrogens (primary N) is 1. The van der Waals surface area contributed by atoms with E-state index in [9.17, 15) is 0 Å². The third-order valence-electron chi connectivity index (χ3n) is 1.74. The molecule has 0 fully saturated rings. The van der Waals surface area contributed by atoms with Gasteiger partial charge in [-0.05, 0) is 0 Å². The van der Waals surface area contributed by atoms with Gasteiger partial charge in [0.15, 0.2) is 5.82 Å². The molecule has 6 nitrogen and oxygen atoms in total. The molecule has 0 aliphatic rings. The Labute approximate surface area is 74.4 Å². The summed E-state index contributed by atoms with van der Waals surface area (Å²) in [5, 5.41) is 7.65. The first-order chi connectivity index (χ1) is 6.27. The van der Waals surface area contributed by atoms with Crippen molar-refractivity contribution in [2.45, 2.75) is 6.04 Å². The Morgan fingerprint density at radius 1 is 1.62 bits per heavy atom. The zero-order valence-electron chi connectivity index (χ0n) is 7.08. The average Bonchev–Trinajstić information content (AvgIpc) is 2.72. The first kappa shape index (κ1) is 7.93. The molecule has 0 spiro atoms. The lowest BCUT2D eigenvalue weighted by molar-refractivity contribution is 0.407. The minimum atomic E-state index is -0.368. The van der Waals surface area contributed by atoms with Crippen LogP contribution < -0.4 is 5.73 Å². The minimum absolute atomic E-state index is 0.368. The van der Waals surface area contributed by atoms with Crippen molar-refractivity contribution in [3.05, 3.63) is 30.2 Å². The number of aryl methyl sites for hydroxylation is 1. The first-order valence-electron chi connectivity index (χ1n) is 3.78. The van der Waals surface area contributed by atoms with Crippen molar-refractivity contribution >= 4 is 0 Å². The maximum atomic E-state index is 5.84. The standard InChI is InChI=1S/C7H9N5O/c1-12-3-5(2-10-12)6(8)7-9-4-13-11-7/h2-4,6H,8H2,1H3/t6-/m1/s1. The Morgan fingerprint density at radius 2 is 2.46 bits per heavy atom. The maximum absolute atomic E-state index is 5.84. The maximum Gasteiger partial charge on any atom is 0.213 e. The van der Waals surface area contributed by atoms with Crippen LogP contribution in [0.2, 0.25) is 0 Å². The van der Waals surface area contributed by atoms with Crippen molar-refractivity contribution in [1.82, 2.24) is 19.9 Å². The van der Waals surface area contributed by atoms with E-state index in [4.69, 9.17) is 5.73 Å². The molecule has 0 unspecified atom stereocenters. The van der Waals surface area contributed by atoms with E-state index < -0.39 is 0 Å². The van der Waals surface area contributed by atoms with Gasteiger partial charge in [-0.2, -0.15) is 10.1 Å². The zero-order chi connectivity index (χ0) is 9.26. The highest BCUT2D eigenvalue weighted by atomic mass is 16.5. The van der Waals surface area contributed by atoms with Gasteiger partial charge in [-0.3, -0.25) is 4.68 Å². The van der Waals surface area contributed by atoms with Gasteiger partial charge in [0, 0.05) is 18.8 Å². The molecule has 2 aromatic heterocycles. The summed E-state index contributed by atoms with van der Waals surface area (Å²) < 4.78 is 6.27. The highest BCUT2D eigenvalue weighted by molar-refractivity contribution is 5.16. The fourth-order valence-corrected chi connectivity index (χ4v) is 1.07. The zero-order valence-corrected chi connectivity index (χ0v) is 7.08. The normalized spacial score (nSPS) is 13.1. The van der Waals surface area contributed by atoms with E-state index in [2.05, 4.69) is 19.8 Å². The molecule has 0 aliphatic carbocycles. The molecule has 68 valence electrons. The van der Waals surface area contributed by atoms with Gasteiger partial charge in [0.2, 0.25) is 6.39 Å². The molecule has 6 heteroatoms. The van der Waals surface area contributed by atoms with Crippen LogP contribution >= 0.6 is 0 Å². The van der Waals surface area contributed by atoms with Crippen LogP contribution in [0, 0.1) is 0 Å². The Hall–Kier alpha value is -1.69. The number of nitrogens with zero attached hydrogens (tertiary/aromatic N) is 4. The van der Waals surface area contributed by atoms with Crippen molar-refractivity contribution in [2.24, 2.45) is 12.8 Å². The van der Waals surface area contributed by atoms with Gasteiger partial charge in [-0.15, -0.1) is 0 Å². The molecule has 0 radical (unpaired) electrons. The van der Waals surface area contributed by atoms with Crippen LogP contribution in [0.3, 0.4) is 0 Å². The second kappa shape index (κ2) is 2.98. The van der Waals surface area contributed by atoms with Crippen LogP contribution in [-0.2, 0) is 7.05 Å². The molecule has 0 saturated carbocycles. The second-order valence-electron chi connectivity index (χ2n) is 2.71. The van der Waals surface area contributed by atoms with Crippen molar-refractivity contribution in [1.29, 1.82) is 0 Å². The summed E-state index contributed by atoms with van der Waals surface area (Å²) in [6.07, 6.45) is 4.76. The summed E-state index contributed by atoms with van der Waals surface area (Å²) in [6, 6.07) is -0.368. The number of hydrogen-bond acceptors (Lipinski definition) is 5. The van der Waals surface area contributed by atoms with E-state index >= 15 is 0 Å². The molecule has 1 atom stereocenters. The van der Waals surface area contributed by atoms with E-state index in [1.54, 1.807) is 10.9 Å². The van der Waals surface area contributed by atoms with E-state index in [1.807, 2.05) is 13.2 Å². The van der Waals surface area contributed by atoms with Crippen LogP contribution in [0.1, 0.15) is 17.4 Å². The second-order valence-corrected chi connectivity index (χ2v) is 2.71. The van der Waals surface area contributed by atoms with Crippen molar-refractivity contribution < 1.29 is 4.52 Å². The summed E-state index contributed by atoms with van der Waals surface area (Å²) in [5.41, 5.74) is 6.70. The Balaban J connectivity index is 2.28. The number of hydrogen-bond donors (Lipinski definition) is 1. The molecule has 0 bridgehead atoms. The predicted molar refractivity (Wildman–Crippen MR) is 43.5 cm³/mol. The van der Waals surface area contributed by atoms with Crippen molar-refractivity contribution in [3.63, 3.8) is 0 Å². The van der Waals surface area contributed by atoms with Crippen LogP contribution in [0.25, 0.3) is 0 Å². The fraction of sp³-hybridized carbons (Fsp3) is 0.286. The average molecular weight is 179 g/mol. The van der Waals surface area contributed by atoms with Crippen molar-refractivity contribution in [3.8, 4) is 0 Å². The third kappa shape index (κ3) is 1.43. The van der Waals surface area contributed by atoms with Gasteiger partial charge in [0.25, 0.3) is 0 Å². The van der Waals surface area contributed by atoms with Crippen LogP contribution in [0.15, 0.2) is 23.3 Å². The number of rotatable bonds is 2. The SMILES string of the molecule is Cn1cc([C@@H](N)c2ncon2)cn1. The molecular weight excluding hydrogens is 170 g/mol. The Kier molecular flexibility index (Phi) is 1.82. The third-order valence-corrected chi connectivity index (χ3v) is 1.74. The van der Waals surface area contributed by atoms with Gasteiger partial charge in [-0.25, -0.2) is 0 Å². The lowest BCUT2D eigenvalue weighted by atomic mass is 10.2. The highest BCUT2D eigenvalue weighted by Gasteiger charge is 2.14. The van der Waals surface area contributed by atoms with Crippen LogP contribution in [0.5, 0.6) is 0 Å². The Bertz CT molecular complexity index is 379. The smallest absolute Gasteiger partial charge is 0.213 e. The van der Waals surface area contributed by atoms with Gasteiger partial charge in [-0.1, -0.05) is 5.16 Å². The molecule has 2 N–H and O–H groups in total. The topological polar surface area (TPSA) is 82.8 Å². The molecule has 0 aliphatic heterocycles. The number of aromatic nitrogens is 4. The molecule has 13 heavy (non-hydrogen) atoms. The first-order valence-corrected chi connectivity index (χ1v) is 3.78. The quantitative estimate of drug-likeness (QED) is 0.693. The van der Waals surface area contributed by atoms with E-state index in [-0.39, 0.29) is 6.04 Å². The summed E-state index contributed by atoms with van der Waals surface area (Å²) in [5.74, 6) is 0.466. The van der Waals surface area contributed by atoms with Gasteiger partial charge >= 0.3 is 0 Å². The molecule has 0 aromatic carbocycles. The minimum Gasteiger partial charge on any atom is -0.343 e. The molecule has 2 rings (SSSR count). The molecule has 2 aromatic rings. The molecule has 0 amide bonds.